The Labute approximate surface area is 230 Å². The molecule has 0 amide bonds. The number of nitrogens with one attached hydrogen (secondary N) is 2. The number of rotatable bonds is 19. The lowest BCUT2D eigenvalue weighted by atomic mass is 9.88. The van der Waals surface area contributed by atoms with Gasteiger partial charge in [0, 0.05) is 11.1 Å². The number of quaternary nitrogens is 2. The van der Waals surface area contributed by atoms with E-state index in [0.29, 0.717) is 13.2 Å². The first-order valence-corrected chi connectivity index (χ1v) is 14.4. The molecule has 2 rings (SSSR count). The molecular formula is C32H50N2O4+2. The molecule has 0 aliphatic heterocycles. The minimum absolute atomic E-state index is 0.0355. The van der Waals surface area contributed by atoms with Gasteiger partial charge in [-0.2, -0.15) is 0 Å². The van der Waals surface area contributed by atoms with E-state index < -0.39 is 0 Å². The predicted molar refractivity (Wildman–Crippen MR) is 154 cm³/mol. The molecule has 0 spiro atoms. The average Bonchev–Trinajstić information content (AvgIpc) is 2.91. The molecule has 0 bridgehead atoms. The van der Waals surface area contributed by atoms with Gasteiger partial charge in [0.25, 0.3) is 0 Å². The molecule has 210 valence electrons. The van der Waals surface area contributed by atoms with Crippen LogP contribution < -0.4 is 19.3 Å². The molecular weight excluding hydrogens is 476 g/mol. The maximum atomic E-state index is 13.3. The molecule has 0 aliphatic carbocycles. The molecule has 2 aromatic rings. The molecule has 2 N–H and O–H groups in total. The number of ether oxygens (including phenoxy) is 2. The summed E-state index contributed by atoms with van der Waals surface area (Å²) in [7, 11) is 8.37. The van der Waals surface area contributed by atoms with E-state index in [1.807, 2.05) is 48.5 Å². The van der Waals surface area contributed by atoms with Gasteiger partial charge in [-0.05, 0) is 74.2 Å². The summed E-state index contributed by atoms with van der Waals surface area (Å²) in [6.45, 7) is 7.10. The van der Waals surface area contributed by atoms with E-state index in [9.17, 15) is 9.59 Å². The number of carbonyl (C=O) groups excluding carboxylic acids is 2. The van der Waals surface area contributed by atoms with Crippen molar-refractivity contribution in [2.75, 3.05) is 54.5 Å². The molecule has 0 saturated carbocycles. The summed E-state index contributed by atoms with van der Waals surface area (Å²) in [4.78, 5) is 29.2. The van der Waals surface area contributed by atoms with Gasteiger partial charge in [-0.25, -0.2) is 0 Å². The van der Waals surface area contributed by atoms with Gasteiger partial charge in [0.1, 0.15) is 11.5 Å². The first kappa shape index (κ1) is 31.5. The van der Waals surface area contributed by atoms with Crippen molar-refractivity contribution in [3.63, 3.8) is 0 Å². The number of benzene rings is 2. The summed E-state index contributed by atoms with van der Waals surface area (Å²) < 4.78 is 11.3. The smallest absolute Gasteiger partial charge is 0.171 e. The molecule has 0 saturated heterocycles. The summed E-state index contributed by atoms with van der Waals surface area (Å²) in [5, 5.41) is 0. The van der Waals surface area contributed by atoms with Gasteiger partial charge in [0.05, 0.1) is 66.3 Å². The van der Waals surface area contributed by atoms with Gasteiger partial charge in [-0.3, -0.25) is 9.59 Å². The predicted octanol–water partition coefficient (Wildman–Crippen LogP) is 3.41. The lowest BCUT2D eigenvalue weighted by Crippen LogP contribution is -3.06. The summed E-state index contributed by atoms with van der Waals surface area (Å²) in [6, 6.07) is 15.1. The van der Waals surface area contributed by atoms with E-state index in [4.69, 9.17) is 9.47 Å². The highest BCUT2D eigenvalue weighted by atomic mass is 16.5. The van der Waals surface area contributed by atoms with E-state index >= 15 is 0 Å². The van der Waals surface area contributed by atoms with Gasteiger partial charge in [0.15, 0.2) is 11.6 Å². The highest BCUT2D eigenvalue weighted by molar-refractivity contribution is 5.98. The van der Waals surface area contributed by atoms with Crippen LogP contribution in [0.5, 0.6) is 11.5 Å². The van der Waals surface area contributed by atoms with Crippen LogP contribution in [0.3, 0.4) is 0 Å². The van der Waals surface area contributed by atoms with Gasteiger partial charge in [-0.1, -0.05) is 26.7 Å². The van der Waals surface area contributed by atoms with Crippen LogP contribution in [0.4, 0.5) is 0 Å². The van der Waals surface area contributed by atoms with Crippen LogP contribution in [0.15, 0.2) is 48.5 Å². The minimum Gasteiger partial charge on any atom is -0.494 e. The third-order valence-corrected chi connectivity index (χ3v) is 6.63. The van der Waals surface area contributed by atoms with Crippen molar-refractivity contribution < 1.29 is 28.9 Å². The van der Waals surface area contributed by atoms with Gasteiger partial charge in [-0.15, -0.1) is 0 Å². The van der Waals surface area contributed by atoms with Crippen molar-refractivity contribution in [3.8, 4) is 11.5 Å². The summed E-state index contributed by atoms with van der Waals surface area (Å²) in [5.41, 5.74) is 1.49. The number of Topliss-reactive ketones (excluding diaryl/α,β-unsaturated/α-hetero) is 2. The van der Waals surface area contributed by atoms with E-state index in [-0.39, 0.29) is 23.4 Å². The minimum atomic E-state index is -0.0355. The molecule has 0 heterocycles. The topological polar surface area (TPSA) is 61.5 Å². The van der Waals surface area contributed by atoms with Gasteiger partial charge in [0.2, 0.25) is 0 Å². The first-order chi connectivity index (χ1) is 18.2. The largest absolute Gasteiger partial charge is 0.494 e. The fourth-order valence-corrected chi connectivity index (χ4v) is 4.76. The third-order valence-electron chi connectivity index (χ3n) is 6.63. The van der Waals surface area contributed by atoms with E-state index in [1.54, 1.807) is 0 Å². The first-order valence-electron chi connectivity index (χ1n) is 14.4. The third kappa shape index (κ3) is 11.0. The van der Waals surface area contributed by atoms with Crippen molar-refractivity contribution in [2.45, 2.75) is 52.4 Å². The van der Waals surface area contributed by atoms with Crippen LogP contribution in [0, 0.1) is 11.8 Å². The number of carbonyl (C=O) groups is 2. The zero-order valence-corrected chi connectivity index (χ0v) is 24.5. The fraction of sp³-hybridized carbons (Fsp3) is 0.562. The Balaban J connectivity index is 1.97. The molecule has 0 aliphatic rings. The molecule has 6 nitrogen and oxygen atoms in total. The highest BCUT2D eigenvalue weighted by Crippen LogP contribution is 2.22. The van der Waals surface area contributed by atoms with Crippen LogP contribution in [0.25, 0.3) is 0 Å². The molecule has 0 fully saturated rings. The van der Waals surface area contributed by atoms with Crippen LogP contribution in [0.2, 0.25) is 0 Å². The van der Waals surface area contributed by atoms with Crippen molar-refractivity contribution >= 4 is 11.6 Å². The lowest BCUT2D eigenvalue weighted by Gasteiger charge is -2.20. The van der Waals surface area contributed by atoms with Crippen LogP contribution in [-0.2, 0) is 0 Å². The molecule has 2 atom stereocenters. The Bertz CT molecular complexity index is 875. The quantitative estimate of drug-likeness (QED) is 0.218. The van der Waals surface area contributed by atoms with Crippen LogP contribution in [-0.4, -0.2) is 66.1 Å². The van der Waals surface area contributed by atoms with Crippen molar-refractivity contribution in [1.29, 1.82) is 0 Å². The second-order valence-corrected chi connectivity index (χ2v) is 11.0. The standard InChI is InChI=1S/C32H48N2O4/c1-7-21-37-29-17-13-25(14-18-29)31(35)27(23-33(3)4)11-9-10-12-28(24-34(5)6)32(36)26-15-19-30(20-16-26)38-22-8-2/h13-20,27-28H,7-12,21-24H2,1-6H3/p+2/t27-,28+. The maximum absolute atomic E-state index is 13.3. The van der Waals surface area contributed by atoms with Gasteiger partial charge >= 0.3 is 0 Å². The monoisotopic (exact) mass is 526 g/mol. The number of hydrogen-bond acceptors (Lipinski definition) is 4. The Morgan fingerprint density at radius 2 is 0.974 bits per heavy atom. The Morgan fingerprint density at radius 3 is 1.26 bits per heavy atom. The second-order valence-electron chi connectivity index (χ2n) is 11.0. The Kier molecular flexibility index (Phi) is 14.1. The Hall–Kier alpha value is -2.70. The Morgan fingerprint density at radius 1 is 0.632 bits per heavy atom. The van der Waals surface area contributed by atoms with Gasteiger partial charge < -0.3 is 19.3 Å². The van der Waals surface area contributed by atoms with Crippen molar-refractivity contribution in [2.24, 2.45) is 11.8 Å². The molecule has 6 heteroatoms. The van der Waals surface area contributed by atoms with Crippen LogP contribution >= 0.6 is 0 Å². The molecule has 0 unspecified atom stereocenters. The van der Waals surface area contributed by atoms with E-state index in [1.165, 1.54) is 9.80 Å². The van der Waals surface area contributed by atoms with E-state index in [0.717, 1.165) is 74.2 Å². The van der Waals surface area contributed by atoms with Crippen molar-refractivity contribution in [1.82, 2.24) is 0 Å². The molecule has 0 aromatic heterocycles. The SMILES string of the molecule is CCCOc1ccc(C(=O)[C@H](CCCC[C@@H](C[NH+](C)C)C(=O)c2ccc(OCCC)cc2)C[NH+](C)C)cc1. The summed E-state index contributed by atoms with van der Waals surface area (Å²) in [5.74, 6) is 1.94. The van der Waals surface area contributed by atoms with Crippen LogP contribution in [0.1, 0.15) is 73.1 Å². The van der Waals surface area contributed by atoms with Crippen molar-refractivity contribution in [3.05, 3.63) is 59.7 Å². The molecule has 2 aromatic carbocycles. The zero-order valence-electron chi connectivity index (χ0n) is 24.5. The molecule has 38 heavy (non-hydrogen) atoms. The number of hydrogen-bond donors (Lipinski definition) is 2. The number of unbranched alkanes of at least 4 members (excludes halogenated alkanes) is 1. The second kappa shape index (κ2) is 17.0. The van der Waals surface area contributed by atoms with E-state index in [2.05, 4.69) is 42.0 Å². The maximum Gasteiger partial charge on any atom is 0.171 e. The average molecular weight is 527 g/mol. The highest BCUT2D eigenvalue weighted by Gasteiger charge is 2.25. The summed E-state index contributed by atoms with van der Waals surface area (Å²) >= 11 is 0. The zero-order chi connectivity index (χ0) is 27.9. The molecule has 0 radical (unpaired) electrons. The summed E-state index contributed by atoms with van der Waals surface area (Å²) in [6.07, 6.45) is 5.43. The fourth-order valence-electron chi connectivity index (χ4n) is 4.76. The normalized spacial score (nSPS) is 12.9. The number of ketones is 2. The lowest BCUT2D eigenvalue weighted by molar-refractivity contribution is -0.861.